The molecule has 9 heteroatoms. The van der Waals surface area contributed by atoms with Gasteiger partial charge in [0.2, 0.25) is 0 Å². The number of hydrogen-bond acceptors (Lipinski definition) is 5. The van der Waals surface area contributed by atoms with Crippen LogP contribution in [0.4, 0.5) is 5.00 Å². The number of halogens is 2. The number of nitrogens with zero attached hydrogens (tertiary/aromatic N) is 2. The third-order valence-corrected chi connectivity index (χ3v) is 5.12. The van der Waals surface area contributed by atoms with Crippen molar-refractivity contribution in [1.82, 2.24) is 10.2 Å². The van der Waals surface area contributed by atoms with Gasteiger partial charge in [-0.25, -0.2) is 0 Å². The summed E-state index contributed by atoms with van der Waals surface area (Å²) in [5, 5.41) is 14.6. The van der Waals surface area contributed by atoms with Crippen LogP contribution in [-0.2, 0) is 0 Å². The lowest BCUT2D eigenvalue weighted by molar-refractivity contribution is -0.380. The molecule has 24 heavy (non-hydrogen) atoms. The summed E-state index contributed by atoms with van der Waals surface area (Å²) in [5.74, 6) is -0.200. The second-order valence-electron chi connectivity index (χ2n) is 5.13. The topological polar surface area (TPSA) is 75.5 Å². The van der Waals surface area contributed by atoms with Crippen LogP contribution in [0.2, 0.25) is 5.02 Å². The minimum absolute atomic E-state index is 0. The molecule has 1 atom stereocenters. The molecule has 0 aliphatic carbocycles. The molecule has 0 radical (unpaired) electrons. The lowest BCUT2D eigenvalue weighted by Crippen LogP contribution is -2.48. The van der Waals surface area contributed by atoms with Crippen LogP contribution in [0.25, 0.3) is 0 Å². The number of carbonyl (C=O) groups is 1. The Morgan fingerprint density at radius 2 is 2.08 bits per heavy atom. The number of nitrogens with one attached hydrogen (secondary N) is 1. The Morgan fingerprint density at radius 3 is 2.75 bits per heavy atom. The molecule has 1 amide bonds. The third-order valence-electron chi connectivity index (χ3n) is 3.75. The lowest BCUT2D eigenvalue weighted by Gasteiger charge is -2.36. The van der Waals surface area contributed by atoms with Gasteiger partial charge in [-0.15, -0.1) is 12.4 Å². The molecule has 6 nitrogen and oxygen atoms in total. The number of rotatable bonds is 3. The minimum Gasteiger partial charge on any atom is -0.328 e. The number of hydrogen-bond donors (Lipinski definition) is 1. The SMILES string of the molecule is Cl.O=C(c1ccc([N+](=O)[O-])s1)N1CCNCC1c1ccccc1Cl. The van der Waals surface area contributed by atoms with E-state index in [1.54, 1.807) is 11.0 Å². The van der Waals surface area contributed by atoms with Crippen LogP contribution in [0, 0.1) is 10.1 Å². The summed E-state index contributed by atoms with van der Waals surface area (Å²) in [6, 6.07) is 10.1. The highest BCUT2D eigenvalue weighted by Crippen LogP contribution is 2.32. The van der Waals surface area contributed by atoms with Gasteiger partial charge in [0.05, 0.1) is 15.8 Å². The van der Waals surface area contributed by atoms with E-state index in [1.807, 2.05) is 18.2 Å². The fraction of sp³-hybridized carbons (Fsp3) is 0.267. The van der Waals surface area contributed by atoms with Crippen LogP contribution in [-0.4, -0.2) is 35.4 Å². The van der Waals surface area contributed by atoms with Gasteiger partial charge >= 0.3 is 5.00 Å². The van der Waals surface area contributed by atoms with Crippen LogP contribution in [0.5, 0.6) is 0 Å². The molecule has 0 saturated carbocycles. The summed E-state index contributed by atoms with van der Waals surface area (Å²) < 4.78 is 0. The monoisotopic (exact) mass is 387 g/mol. The smallest absolute Gasteiger partial charge is 0.324 e. The molecule has 1 aliphatic rings. The quantitative estimate of drug-likeness (QED) is 0.645. The summed E-state index contributed by atoms with van der Waals surface area (Å²) in [5.41, 5.74) is 0.876. The summed E-state index contributed by atoms with van der Waals surface area (Å²) in [6.07, 6.45) is 0. The zero-order chi connectivity index (χ0) is 16.4. The highest BCUT2D eigenvalue weighted by atomic mass is 35.5. The molecule has 1 aromatic heterocycles. The van der Waals surface area contributed by atoms with Gasteiger partial charge < -0.3 is 10.2 Å². The van der Waals surface area contributed by atoms with E-state index in [2.05, 4.69) is 5.32 Å². The molecule has 2 heterocycles. The van der Waals surface area contributed by atoms with Gasteiger partial charge in [0.25, 0.3) is 5.91 Å². The summed E-state index contributed by atoms with van der Waals surface area (Å²) in [6.45, 7) is 1.81. The Morgan fingerprint density at radius 1 is 1.33 bits per heavy atom. The second-order valence-corrected chi connectivity index (χ2v) is 6.60. The molecular weight excluding hydrogens is 373 g/mol. The average Bonchev–Trinajstić information content (AvgIpc) is 3.05. The fourth-order valence-electron chi connectivity index (χ4n) is 2.65. The first kappa shape index (κ1) is 18.7. The van der Waals surface area contributed by atoms with Gasteiger partial charge in [0.15, 0.2) is 0 Å². The van der Waals surface area contributed by atoms with Crippen molar-refractivity contribution in [1.29, 1.82) is 0 Å². The maximum Gasteiger partial charge on any atom is 0.324 e. The van der Waals surface area contributed by atoms with Gasteiger partial charge in [-0.05, 0) is 17.7 Å². The number of thiophene rings is 1. The lowest BCUT2D eigenvalue weighted by atomic mass is 10.0. The Balaban J connectivity index is 0.00000208. The summed E-state index contributed by atoms with van der Waals surface area (Å²) >= 11 is 7.17. The number of piperazine rings is 1. The van der Waals surface area contributed by atoms with Crippen LogP contribution in [0.3, 0.4) is 0 Å². The maximum absolute atomic E-state index is 12.8. The van der Waals surface area contributed by atoms with Gasteiger partial charge in [0.1, 0.15) is 0 Å². The predicted octanol–water partition coefficient (Wildman–Crippen LogP) is 3.52. The number of carbonyl (C=O) groups excluding carboxylic acids is 1. The van der Waals surface area contributed by atoms with E-state index < -0.39 is 4.92 Å². The number of nitro groups is 1. The second kappa shape index (κ2) is 7.94. The van der Waals surface area contributed by atoms with Crippen LogP contribution in [0.15, 0.2) is 36.4 Å². The Bertz CT molecular complexity index is 753. The van der Waals surface area contributed by atoms with Crippen LogP contribution in [0.1, 0.15) is 21.3 Å². The Kier molecular flexibility index (Phi) is 6.17. The molecule has 1 N–H and O–H groups in total. The summed E-state index contributed by atoms with van der Waals surface area (Å²) in [7, 11) is 0. The molecule has 1 aliphatic heterocycles. The third kappa shape index (κ3) is 3.70. The molecule has 0 spiro atoms. The predicted molar refractivity (Wildman–Crippen MR) is 96.3 cm³/mol. The van der Waals surface area contributed by atoms with Crippen molar-refractivity contribution in [3.63, 3.8) is 0 Å². The molecule has 1 unspecified atom stereocenters. The van der Waals surface area contributed by atoms with Crippen LogP contribution >= 0.6 is 35.3 Å². The maximum atomic E-state index is 12.8. The van der Waals surface area contributed by atoms with Crippen molar-refractivity contribution in [3.8, 4) is 0 Å². The van der Waals surface area contributed by atoms with Gasteiger partial charge in [-0.3, -0.25) is 14.9 Å². The van der Waals surface area contributed by atoms with E-state index in [0.29, 0.717) is 29.5 Å². The van der Waals surface area contributed by atoms with Crippen molar-refractivity contribution < 1.29 is 9.72 Å². The molecule has 1 saturated heterocycles. The fourth-order valence-corrected chi connectivity index (χ4v) is 3.69. The first-order valence-corrected chi connectivity index (χ1v) is 8.27. The van der Waals surface area contributed by atoms with Crippen molar-refractivity contribution in [2.75, 3.05) is 19.6 Å². The molecule has 3 rings (SSSR count). The minimum atomic E-state index is -0.481. The van der Waals surface area contributed by atoms with E-state index in [4.69, 9.17) is 11.6 Å². The highest BCUT2D eigenvalue weighted by Gasteiger charge is 2.31. The van der Waals surface area contributed by atoms with E-state index in [-0.39, 0.29) is 29.4 Å². The first-order valence-electron chi connectivity index (χ1n) is 7.08. The summed E-state index contributed by atoms with van der Waals surface area (Å²) in [4.78, 5) is 25.2. The van der Waals surface area contributed by atoms with Gasteiger partial charge in [0, 0.05) is 30.7 Å². The molecule has 1 fully saturated rings. The van der Waals surface area contributed by atoms with Crippen LogP contribution < -0.4 is 5.32 Å². The van der Waals surface area contributed by atoms with E-state index >= 15 is 0 Å². The highest BCUT2D eigenvalue weighted by molar-refractivity contribution is 7.17. The first-order chi connectivity index (χ1) is 11.1. The molecule has 2 aromatic rings. The van der Waals surface area contributed by atoms with E-state index in [1.165, 1.54) is 12.1 Å². The van der Waals surface area contributed by atoms with Crippen molar-refractivity contribution in [2.45, 2.75) is 6.04 Å². The zero-order valence-electron chi connectivity index (χ0n) is 12.5. The Labute approximate surface area is 154 Å². The standard InChI is InChI=1S/C15H14ClN3O3S.ClH/c16-11-4-2-1-3-10(11)12-9-17-7-8-18(12)15(20)13-5-6-14(23-13)19(21)22;/h1-6,12,17H,7-9H2;1H. The normalized spacial score (nSPS) is 17.2. The Hall–Kier alpha value is -1.67. The number of amides is 1. The van der Waals surface area contributed by atoms with Crippen molar-refractivity contribution in [3.05, 3.63) is 62.0 Å². The largest absolute Gasteiger partial charge is 0.328 e. The van der Waals surface area contributed by atoms with Crippen molar-refractivity contribution >= 4 is 46.3 Å². The van der Waals surface area contributed by atoms with Gasteiger partial charge in [-0.2, -0.15) is 0 Å². The average molecular weight is 388 g/mol. The van der Waals surface area contributed by atoms with E-state index in [0.717, 1.165) is 16.9 Å². The zero-order valence-corrected chi connectivity index (χ0v) is 14.9. The molecule has 0 bridgehead atoms. The molecule has 1 aromatic carbocycles. The molecule has 128 valence electrons. The van der Waals surface area contributed by atoms with E-state index in [9.17, 15) is 14.9 Å². The van der Waals surface area contributed by atoms with Crippen molar-refractivity contribution in [2.24, 2.45) is 0 Å². The molecular formula is C15H15Cl2N3O3S. The number of benzene rings is 1. The van der Waals surface area contributed by atoms with Gasteiger partial charge in [-0.1, -0.05) is 41.1 Å².